The Morgan fingerprint density at radius 1 is 0.465 bits per heavy atom. The molecule has 0 saturated heterocycles. The highest BCUT2D eigenvalue weighted by atomic mass is 16.6. The summed E-state index contributed by atoms with van der Waals surface area (Å²) in [6, 6.07) is 34.2. The molecule has 0 atom stereocenters. The van der Waals surface area contributed by atoms with E-state index in [-0.39, 0.29) is 39.6 Å². The van der Waals surface area contributed by atoms with Crippen molar-refractivity contribution in [1.82, 2.24) is 0 Å². The average molecular weight is 561 g/mol. The first kappa shape index (κ1) is 27.9. The van der Waals surface area contributed by atoms with E-state index in [2.05, 4.69) is 35.5 Å². The Hall–Kier alpha value is -6.62. The van der Waals surface area contributed by atoms with Crippen molar-refractivity contribution in [2.24, 2.45) is 0 Å². The van der Waals surface area contributed by atoms with Crippen LogP contribution in [0.5, 0.6) is 11.5 Å². The smallest absolute Gasteiger partial charge is 0.272 e. The van der Waals surface area contributed by atoms with Gasteiger partial charge < -0.3 is 4.74 Å². The highest BCUT2D eigenvalue weighted by molar-refractivity contribution is 5.65. The van der Waals surface area contributed by atoms with E-state index in [9.17, 15) is 20.2 Å². The van der Waals surface area contributed by atoms with E-state index in [4.69, 9.17) is 4.74 Å². The molecule has 5 aromatic carbocycles. The van der Waals surface area contributed by atoms with Gasteiger partial charge >= 0.3 is 0 Å². The zero-order chi connectivity index (χ0) is 30.0. The van der Waals surface area contributed by atoms with E-state index in [1.165, 1.54) is 30.3 Å². The summed E-state index contributed by atoms with van der Waals surface area (Å²) in [6.45, 7) is 0. The zero-order valence-electron chi connectivity index (χ0n) is 22.5. The summed E-state index contributed by atoms with van der Waals surface area (Å²) in [6.07, 6.45) is 0. The monoisotopic (exact) mass is 560 g/mol. The molecule has 43 heavy (non-hydrogen) atoms. The van der Waals surface area contributed by atoms with E-state index in [0.29, 0.717) is 16.7 Å². The number of nitrogens with zero attached hydrogens (tertiary/aromatic N) is 2. The van der Waals surface area contributed by atoms with Crippen LogP contribution in [0.4, 0.5) is 11.4 Å². The Morgan fingerprint density at radius 2 is 0.860 bits per heavy atom. The van der Waals surface area contributed by atoms with Gasteiger partial charge in [0.15, 0.2) is 5.75 Å². The van der Waals surface area contributed by atoms with Gasteiger partial charge in [-0.1, -0.05) is 90.1 Å². The molecular weight excluding hydrogens is 540 g/mol. The second-order valence-electron chi connectivity index (χ2n) is 9.01. The molecule has 0 fully saturated rings. The van der Waals surface area contributed by atoms with E-state index in [1.54, 1.807) is 0 Å². The predicted octanol–water partition coefficient (Wildman–Crippen LogP) is 7.49. The molecule has 7 heteroatoms. The van der Waals surface area contributed by atoms with E-state index in [0.717, 1.165) is 0 Å². The third kappa shape index (κ3) is 7.32. The van der Waals surface area contributed by atoms with E-state index >= 15 is 0 Å². The minimum atomic E-state index is -0.520. The van der Waals surface area contributed by atoms with Crippen LogP contribution >= 0.6 is 0 Å². The fourth-order valence-corrected chi connectivity index (χ4v) is 3.93. The molecule has 0 unspecified atom stereocenters. The third-order valence-electron chi connectivity index (χ3n) is 6.02. The van der Waals surface area contributed by atoms with Crippen LogP contribution in [0, 0.1) is 55.8 Å². The first-order valence-electron chi connectivity index (χ1n) is 13.0. The van der Waals surface area contributed by atoms with Gasteiger partial charge in [0.25, 0.3) is 11.4 Å². The predicted molar refractivity (Wildman–Crippen MR) is 164 cm³/mol. The molecule has 0 radical (unpaired) electrons. The minimum Gasteiger partial charge on any atom is -0.453 e. The fraction of sp³-hybridized carbons (Fsp3) is 0. The van der Waals surface area contributed by atoms with Crippen LogP contribution in [0.1, 0.15) is 33.4 Å². The lowest BCUT2D eigenvalue weighted by Crippen LogP contribution is -1.99. The molecule has 5 aromatic rings. The number of non-ortho nitro benzene ring substituents is 2. The largest absolute Gasteiger partial charge is 0.453 e. The molecule has 5 rings (SSSR count). The molecule has 0 aliphatic carbocycles. The van der Waals surface area contributed by atoms with Gasteiger partial charge in [-0.15, -0.1) is 0 Å². The Morgan fingerprint density at radius 3 is 1.28 bits per heavy atom. The van der Waals surface area contributed by atoms with Gasteiger partial charge in [-0.05, 0) is 42.5 Å². The van der Waals surface area contributed by atoms with Gasteiger partial charge in [0.05, 0.1) is 26.5 Å². The van der Waals surface area contributed by atoms with Crippen LogP contribution in [-0.2, 0) is 0 Å². The zero-order valence-corrected chi connectivity index (χ0v) is 22.5. The first-order chi connectivity index (χ1) is 21.0. The number of ether oxygens (including phenoxy) is 1. The SMILES string of the molecule is O=[N+]([O-])c1ccc(Oc2c(C#Cc3ccccc3)cc([N+](=O)[O-])cc2C#Cc2ccccc2)c(C#Cc2ccccc2)c1. The molecule has 0 heterocycles. The second kappa shape index (κ2) is 13.2. The summed E-state index contributed by atoms with van der Waals surface area (Å²) in [7, 11) is 0. The van der Waals surface area contributed by atoms with Crippen molar-refractivity contribution in [1.29, 1.82) is 0 Å². The van der Waals surface area contributed by atoms with Crippen LogP contribution in [0.2, 0.25) is 0 Å². The van der Waals surface area contributed by atoms with Crippen LogP contribution in [-0.4, -0.2) is 9.85 Å². The lowest BCUT2D eigenvalue weighted by atomic mass is 10.1. The number of rotatable bonds is 4. The van der Waals surface area contributed by atoms with Crippen molar-refractivity contribution < 1.29 is 14.6 Å². The molecule has 204 valence electrons. The van der Waals surface area contributed by atoms with Crippen molar-refractivity contribution in [3.05, 3.63) is 175 Å². The van der Waals surface area contributed by atoms with Crippen LogP contribution in [0.15, 0.2) is 121 Å². The molecule has 0 aliphatic rings. The Bertz CT molecular complexity index is 1930. The lowest BCUT2D eigenvalue weighted by molar-refractivity contribution is -0.385. The molecule has 0 saturated carbocycles. The first-order valence-corrected chi connectivity index (χ1v) is 13.0. The van der Waals surface area contributed by atoms with Gasteiger partial charge in [-0.2, -0.15) is 0 Å². The summed E-state index contributed by atoms with van der Waals surface area (Å²) in [4.78, 5) is 22.4. The summed E-state index contributed by atoms with van der Waals surface area (Å²) in [5.74, 6) is 18.4. The molecule has 0 aromatic heterocycles. The summed E-state index contributed by atoms with van der Waals surface area (Å²) < 4.78 is 6.35. The number of nitro groups is 2. The quantitative estimate of drug-likeness (QED) is 0.129. The number of nitro benzene ring substituents is 2. The molecule has 0 amide bonds. The molecular formula is C36H20N2O5. The molecule has 7 nitrogen and oxygen atoms in total. The van der Waals surface area contributed by atoms with Gasteiger partial charge in [0.2, 0.25) is 0 Å². The minimum absolute atomic E-state index is 0.161. The van der Waals surface area contributed by atoms with Gasteiger partial charge in [0, 0.05) is 41.0 Å². The van der Waals surface area contributed by atoms with Crippen molar-refractivity contribution in [2.75, 3.05) is 0 Å². The maximum absolute atomic E-state index is 11.9. The summed E-state index contributed by atoms with van der Waals surface area (Å²) in [5, 5.41) is 23.4. The highest BCUT2D eigenvalue weighted by Crippen LogP contribution is 2.35. The number of benzene rings is 5. The van der Waals surface area contributed by atoms with Crippen molar-refractivity contribution >= 4 is 11.4 Å². The molecule has 0 aliphatic heterocycles. The fourth-order valence-electron chi connectivity index (χ4n) is 3.93. The Labute approximate surface area is 247 Å². The van der Waals surface area contributed by atoms with Crippen molar-refractivity contribution in [3.8, 4) is 47.0 Å². The third-order valence-corrected chi connectivity index (χ3v) is 6.02. The lowest BCUT2D eigenvalue weighted by Gasteiger charge is -2.12. The summed E-state index contributed by atoms with van der Waals surface area (Å²) in [5.41, 5.74) is 2.41. The second-order valence-corrected chi connectivity index (χ2v) is 9.01. The van der Waals surface area contributed by atoms with Crippen LogP contribution in [0.25, 0.3) is 0 Å². The normalized spacial score (nSPS) is 9.67. The topological polar surface area (TPSA) is 95.5 Å². The Balaban J connectivity index is 1.70. The van der Waals surface area contributed by atoms with Gasteiger partial charge in [0.1, 0.15) is 5.75 Å². The maximum atomic E-state index is 11.9. The van der Waals surface area contributed by atoms with Gasteiger partial charge in [-0.3, -0.25) is 20.2 Å². The van der Waals surface area contributed by atoms with Gasteiger partial charge in [-0.25, -0.2) is 0 Å². The Kier molecular flexibility index (Phi) is 8.54. The summed E-state index contributed by atoms with van der Waals surface area (Å²) >= 11 is 0. The molecule has 0 bridgehead atoms. The average Bonchev–Trinajstić information content (AvgIpc) is 3.04. The van der Waals surface area contributed by atoms with Crippen molar-refractivity contribution in [2.45, 2.75) is 0 Å². The maximum Gasteiger partial charge on any atom is 0.272 e. The van der Waals surface area contributed by atoms with E-state index < -0.39 is 9.85 Å². The molecule has 0 spiro atoms. The van der Waals surface area contributed by atoms with Crippen LogP contribution in [0.3, 0.4) is 0 Å². The highest BCUT2D eigenvalue weighted by Gasteiger charge is 2.19. The number of hydrogen-bond donors (Lipinski definition) is 0. The van der Waals surface area contributed by atoms with Crippen molar-refractivity contribution in [3.63, 3.8) is 0 Å². The van der Waals surface area contributed by atoms with Crippen LogP contribution < -0.4 is 4.74 Å². The van der Waals surface area contributed by atoms with E-state index in [1.807, 2.05) is 91.0 Å². The molecule has 0 N–H and O–H groups in total. The standard InChI is InChI=1S/C36H20N2O5/c39-37(40)33-22-23-35(30(24-33)19-16-27-10-4-1-5-11-27)43-36-31(20-17-28-12-6-2-7-13-28)25-34(38(41)42)26-32(36)21-18-29-14-8-3-9-15-29/h1-15,22-26H. The number of hydrogen-bond acceptors (Lipinski definition) is 5.